The van der Waals surface area contributed by atoms with E-state index in [0.717, 1.165) is 50.8 Å². The van der Waals surface area contributed by atoms with Gasteiger partial charge in [0, 0.05) is 46.0 Å². The number of rotatable bonds is 7. The minimum atomic E-state index is -0.624. The molecule has 2 saturated heterocycles. The fraction of sp³-hybridized carbons (Fsp3) is 0.800. The molecule has 0 N–H and O–H groups in total. The first-order valence-electron chi connectivity index (χ1n) is 19.2. The molecule has 0 radical (unpaired) electrons. The number of carbonyl (C=O) groups is 2. The number of halogens is 2. The number of esters is 1. The first kappa shape index (κ1) is 34.0. The number of hydrogen-bond acceptors (Lipinski definition) is 6. The summed E-state index contributed by atoms with van der Waals surface area (Å²) in [7, 11) is 0. The third kappa shape index (κ3) is 5.58. The lowest BCUT2D eigenvalue weighted by Gasteiger charge is -2.59. The van der Waals surface area contributed by atoms with Gasteiger partial charge in [0.25, 0.3) is 0 Å². The highest BCUT2D eigenvalue weighted by atomic mass is 19.1. The van der Waals surface area contributed by atoms with Gasteiger partial charge in [-0.2, -0.15) is 0 Å². The van der Waals surface area contributed by atoms with Crippen LogP contribution in [-0.2, 0) is 30.3 Å². The van der Waals surface area contributed by atoms with E-state index in [0.29, 0.717) is 60.5 Å². The fourth-order valence-electron chi connectivity index (χ4n) is 13.3. The topological polar surface area (TPSA) is 68.3 Å². The number of amides is 1. The van der Waals surface area contributed by atoms with Crippen molar-refractivity contribution in [1.82, 2.24) is 9.80 Å². The molecule has 272 valence electrons. The Labute approximate surface area is 292 Å². The van der Waals surface area contributed by atoms with Gasteiger partial charge >= 0.3 is 5.97 Å². The molecule has 49 heavy (non-hydrogen) atoms. The standard InChI is InChI=1S/C40H56F2N2O5.H2/c1-25(45)44(21-26-17-27(41)19-28(42)18-26)22-29-5-6-31-33(48-29)20-32-30-7-8-34-37(2,3)35(49-36(46)23-43-13-15-47-16-14-43)9-10-40(34)24-39(30,40)12-11-38(31,32)4;/h17-19,29-35H,5-16,20-24H2,1-4H3;1H/t29?,30?,31?,32?,33?,34?,35-,38?,39-,40?;/m0./s1. The zero-order valence-corrected chi connectivity index (χ0v) is 30.0. The fourth-order valence-corrected chi connectivity index (χ4v) is 13.3. The van der Waals surface area contributed by atoms with Crippen LogP contribution in [0.2, 0.25) is 0 Å². The van der Waals surface area contributed by atoms with Crippen LogP contribution in [0.15, 0.2) is 18.2 Å². The normalized spacial score (nSPS) is 42.1. The van der Waals surface area contributed by atoms with Gasteiger partial charge in [-0.1, -0.05) is 20.8 Å². The minimum absolute atomic E-state index is 0. The van der Waals surface area contributed by atoms with Gasteiger partial charge in [-0.3, -0.25) is 14.5 Å². The first-order chi connectivity index (χ1) is 23.3. The van der Waals surface area contributed by atoms with Crippen LogP contribution in [0.1, 0.15) is 98.9 Å². The molecule has 2 aliphatic heterocycles. The maximum atomic E-state index is 13.9. The highest BCUT2D eigenvalue weighted by Crippen LogP contribution is 2.87. The quantitative estimate of drug-likeness (QED) is 0.288. The van der Waals surface area contributed by atoms with E-state index in [4.69, 9.17) is 14.2 Å². The van der Waals surface area contributed by atoms with Crippen molar-refractivity contribution >= 4 is 11.9 Å². The number of morpholine rings is 1. The SMILES string of the molecule is CC(=O)N(Cc1cc(F)cc(F)c1)CC1CCC2C(CC3C4CCC5C(C)(C)[C@@H](OC(=O)CN6CCOCC6)CCC56C[C@@]46CCC23C)O1.[HH]. The van der Waals surface area contributed by atoms with Crippen molar-refractivity contribution in [2.75, 3.05) is 39.4 Å². The van der Waals surface area contributed by atoms with E-state index >= 15 is 0 Å². The summed E-state index contributed by atoms with van der Waals surface area (Å²) in [6, 6.07) is 3.48. The molecule has 9 heteroatoms. The van der Waals surface area contributed by atoms with Gasteiger partial charge in [0.05, 0.1) is 32.0 Å². The molecule has 7 aliphatic rings. The lowest BCUT2D eigenvalue weighted by Crippen LogP contribution is -2.55. The van der Waals surface area contributed by atoms with E-state index in [-0.39, 0.29) is 49.0 Å². The van der Waals surface area contributed by atoms with Crippen molar-refractivity contribution in [1.29, 1.82) is 0 Å². The summed E-state index contributed by atoms with van der Waals surface area (Å²) in [5, 5.41) is 0. The van der Waals surface area contributed by atoms with Crippen LogP contribution in [0.5, 0.6) is 0 Å². The van der Waals surface area contributed by atoms with E-state index in [2.05, 4.69) is 25.7 Å². The van der Waals surface area contributed by atoms with Crippen molar-refractivity contribution in [3.05, 3.63) is 35.4 Å². The van der Waals surface area contributed by atoms with Crippen LogP contribution in [0, 0.1) is 57.0 Å². The molecular weight excluding hydrogens is 626 g/mol. The van der Waals surface area contributed by atoms with Gasteiger partial charge in [-0.25, -0.2) is 8.78 Å². The maximum absolute atomic E-state index is 13.9. The highest BCUT2D eigenvalue weighted by molar-refractivity contribution is 5.73. The van der Waals surface area contributed by atoms with Crippen molar-refractivity contribution in [2.24, 2.45) is 45.3 Å². The van der Waals surface area contributed by atoms with Crippen molar-refractivity contribution in [3.63, 3.8) is 0 Å². The molecule has 2 heterocycles. The monoisotopic (exact) mass is 684 g/mol. The average Bonchev–Trinajstić information content (AvgIpc) is 3.62. The van der Waals surface area contributed by atoms with Gasteiger partial charge in [-0.05, 0) is 122 Å². The number of hydrogen-bond donors (Lipinski definition) is 0. The van der Waals surface area contributed by atoms with Crippen LogP contribution >= 0.6 is 0 Å². The molecule has 7 nitrogen and oxygen atoms in total. The summed E-state index contributed by atoms with van der Waals surface area (Å²) >= 11 is 0. The molecule has 1 amide bonds. The van der Waals surface area contributed by atoms with Crippen molar-refractivity contribution in [2.45, 2.75) is 117 Å². The van der Waals surface area contributed by atoms with E-state index in [1.165, 1.54) is 57.6 Å². The Hall–Kier alpha value is -2.10. The van der Waals surface area contributed by atoms with Gasteiger partial charge in [0.15, 0.2) is 0 Å². The molecule has 2 spiro atoms. The largest absolute Gasteiger partial charge is 0.461 e. The summed E-state index contributed by atoms with van der Waals surface area (Å²) in [5.41, 5.74) is 1.50. The molecule has 8 unspecified atom stereocenters. The molecule has 1 aromatic carbocycles. The van der Waals surface area contributed by atoms with Crippen LogP contribution in [0.25, 0.3) is 0 Å². The van der Waals surface area contributed by atoms with Gasteiger partial charge in [0.1, 0.15) is 17.7 Å². The number of fused-ring (bicyclic) bond motifs is 4. The van der Waals surface area contributed by atoms with E-state index in [1.54, 1.807) is 4.90 Å². The lowest BCUT2D eigenvalue weighted by atomic mass is 9.46. The number of benzene rings is 1. The lowest BCUT2D eigenvalue weighted by molar-refractivity contribution is -0.177. The predicted octanol–water partition coefficient (Wildman–Crippen LogP) is 7.01. The molecule has 0 aromatic heterocycles. The second-order valence-corrected chi connectivity index (χ2v) is 18.0. The van der Waals surface area contributed by atoms with Crippen LogP contribution in [-0.4, -0.2) is 79.4 Å². The Bertz CT molecular complexity index is 1450. The average molecular weight is 685 g/mol. The second-order valence-electron chi connectivity index (χ2n) is 18.0. The van der Waals surface area contributed by atoms with Gasteiger partial charge < -0.3 is 19.1 Å². The smallest absolute Gasteiger partial charge is 0.320 e. The summed E-state index contributed by atoms with van der Waals surface area (Å²) in [5.74, 6) is 1.07. The summed E-state index contributed by atoms with van der Waals surface area (Å²) in [6.45, 7) is 12.8. The molecule has 0 bridgehead atoms. The Morgan fingerprint density at radius 3 is 2.41 bits per heavy atom. The zero-order valence-electron chi connectivity index (χ0n) is 30.0. The Morgan fingerprint density at radius 1 is 0.939 bits per heavy atom. The third-order valence-electron chi connectivity index (χ3n) is 15.5. The van der Waals surface area contributed by atoms with Crippen LogP contribution in [0.4, 0.5) is 8.78 Å². The van der Waals surface area contributed by atoms with E-state index in [9.17, 15) is 18.4 Å². The van der Waals surface area contributed by atoms with E-state index < -0.39 is 11.6 Å². The first-order valence-corrected chi connectivity index (χ1v) is 19.2. The number of ether oxygens (including phenoxy) is 3. The molecule has 5 saturated carbocycles. The molecule has 7 fully saturated rings. The zero-order chi connectivity index (χ0) is 34.3. The minimum Gasteiger partial charge on any atom is -0.461 e. The van der Waals surface area contributed by atoms with Gasteiger partial charge in [-0.15, -0.1) is 0 Å². The van der Waals surface area contributed by atoms with Crippen molar-refractivity contribution in [3.8, 4) is 0 Å². The molecule has 1 aromatic rings. The molecule has 10 atom stereocenters. The predicted molar refractivity (Wildman–Crippen MR) is 182 cm³/mol. The molecule has 5 aliphatic carbocycles. The number of nitrogens with zero attached hydrogens (tertiary/aromatic N) is 2. The second kappa shape index (κ2) is 12.3. The van der Waals surface area contributed by atoms with Crippen LogP contribution in [0.3, 0.4) is 0 Å². The Balaban J connectivity index is 0.00000392. The van der Waals surface area contributed by atoms with Gasteiger partial charge in [0.2, 0.25) is 5.91 Å². The van der Waals surface area contributed by atoms with Crippen LogP contribution < -0.4 is 0 Å². The highest BCUT2D eigenvalue weighted by Gasteiger charge is 2.80. The van der Waals surface area contributed by atoms with Crippen molar-refractivity contribution < 1.29 is 34.0 Å². The number of carbonyl (C=O) groups excluding carboxylic acids is 2. The third-order valence-corrected chi connectivity index (χ3v) is 15.5. The Morgan fingerprint density at radius 2 is 1.67 bits per heavy atom. The summed E-state index contributed by atoms with van der Waals surface area (Å²) in [4.78, 5) is 29.6. The summed E-state index contributed by atoms with van der Waals surface area (Å²) < 4.78 is 46.4. The Kier molecular flexibility index (Phi) is 8.51. The summed E-state index contributed by atoms with van der Waals surface area (Å²) in [6.07, 6.45) is 11.8. The maximum Gasteiger partial charge on any atom is 0.320 e. The van der Waals surface area contributed by atoms with E-state index in [1.807, 2.05) is 0 Å². The molecule has 8 rings (SSSR count). The molecular formula is C40H58F2N2O5.